The number of hydrogen-bond acceptors (Lipinski definition) is 8. The summed E-state index contributed by atoms with van der Waals surface area (Å²) < 4.78 is 9.00. The maximum Gasteiger partial charge on any atom is 0.254 e. The number of rotatable bonds is 4. The van der Waals surface area contributed by atoms with Gasteiger partial charge in [-0.05, 0) is 25.0 Å². The fraction of sp³-hybridized carbons (Fsp3) is 0.524. The van der Waals surface area contributed by atoms with Gasteiger partial charge < -0.3 is 9.64 Å². The summed E-state index contributed by atoms with van der Waals surface area (Å²) in [6, 6.07) is 6.09. The largest absolute Gasteiger partial charge is 0.378 e. The molecule has 4 aromatic heterocycles. The number of aromatic nitrogens is 8. The summed E-state index contributed by atoms with van der Waals surface area (Å²) in [5.41, 5.74) is 2.66. The Morgan fingerprint density at radius 1 is 1.10 bits per heavy atom. The molecule has 0 atom stereocenters. The minimum Gasteiger partial charge on any atom is -0.378 e. The van der Waals surface area contributed by atoms with Gasteiger partial charge in [-0.15, -0.1) is 10.2 Å². The molecule has 0 spiro atoms. The molecule has 0 saturated carbocycles. The molecule has 31 heavy (non-hydrogen) atoms. The van der Waals surface area contributed by atoms with Gasteiger partial charge in [0.2, 0.25) is 0 Å². The van der Waals surface area contributed by atoms with Crippen LogP contribution in [0.3, 0.4) is 0 Å². The lowest BCUT2D eigenvalue weighted by atomic mass is 9.92. The molecular weight excluding hydrogens is 394 g/mol. The van der Waals surface area contributed by atoms with Gasteiger partial charge in [0, 0.05) is 37.6 Å². The Bertz CT molecular complexity index is 1210. The first kappa shape index (κ1) is 19.8. The van der Waals surface area contributed by atoms with Crippen LogP contribution in [0.4, 0.5) is 5.82 Å². The van der Waals surface area contributed by atoms with Crippen molar-refractivity contribution in [2.24, 2.45) is 0 Å². The molecule has 0 N–H and O–H groups in total. The first-order chi connectivity index (χ1) is 14.9. The number of methoxy groups -OCH3 is 1. The normalized spacial score (nSPS) is 15.9. The fourth-order valence-corrected chi connectivity index (χ4v) is 4.12. The van der Waals surface area contributed by atoms with Crippen molar-refractivity contribution in [1.29, 1.82) is 0 Å². The summed E-state index contributed by atoms with van der Waals surface area (Å²) in [4.78, 5) is 11.1. The molecule has 0 bridgehead atoms. The lowest BCUT2D eigenvalue weighted by Gasteiger charge is -2.32. The fourth-order valence-electron chi connectivity index (χ4n) is 4.12. The maximum absolute atomic E-state index is 5.27. The predicted octanol–water partition coefficient (Wildman–Crippen LogP) is 2.39. The molecule has 162 valence electrons. The average molecular weight is 422 g/mol. The quantitative estimate of drug-likeness (QED) is 0.495. The van der Waals surface area contributed by atoms with E-state index in [0.29, 0.717) is 18.3 Å². The van der Waals surface area contributed by atoms with E-state index < -0.39 is 0 Å². The highest BCUT2D eigenvalue weighted by Gasteiger charge is 2.27. The van der Waals surface area contributed by atoms with Crippen LogP contribution < -0.4 is 4.90 Å². The second-order valence-corrected chi connectivity index (χ2v) is 9.07. The second kappa shape index (κ2) is 7.52. The first-order valence-corrected chi connectivity index (χ1v) is 10.6. The van der Waals surface area contributed by atoms with Crippen LogP contribution in [-0.4, -0.2) is 59.6 Å². The molecule has 0 amide bonds. The molecule has 1 fully saturated rings. The molecule has 0 aliphatic carbocycles. The maximum atomic E-state index is 5.27. The van der Waals surface area contributed by atoms with Crippen molar-refractivity contribution in [2.75, 3.05) is 25.1 Å². The van der Waals surface area contributed by atoms with E-state index in [0.717, 1.165) is 54.6 Å². The molecule has 4 aromatic rings. The SMILES string of the molecule is COCc1cc(N2CCC(c3nnc4ccc(C(C)(C)C)nn34)CC2)n2ncnc2n1. The Hall–Kier alpha value is -3.14. The number of hydrogen-bond donors (Lipinski definition) is 0. The van der Waals surface area contributed by atoms with Crippen molar-refractivity contribution >= 4 is 17.2 Å². The molecule has 1 aliphatic rings. The van der Waals surface area contributed by atoms with Crippen LogP contribution in [-0.2, 0) is 16.8 Å². The van der Waals surface area contributed by atoms with Crippen molar-refractivity contribution in [3.05, 3.63) is 41.7 Å². The van der Waals surface area contributed by atoms with Gasteiger partial charge in [0.15, 0.2) is 11.5 Å². The molecule has 0 radical (unpaired) electrons. The minimum atomic E-state index is -0.0243. The van der Waals surface area contributed by atoms with Crippen LogP contribution in [0.1, 0.15) is 56.7 Å². The van der Waals surface area contributed by atoms with E-state index in [1.807, 2.05) is 22.7 Å². The van der Waals surface area contributed by atoms with Crippen LogP contribution in [0.5, 0.6) is 0 Å². The van der Waals surface area contributed by atoms with Crippen LogP contribution >= 0.6 is 0 Å². The van der Waals surface area contributed by atoms with E-state index in [-0.39, 0.29) is 5.41 Å². The third kappa shape index (κ3) is 3.60. The molecule has 1 aliphatic heterocycles. The lowest BCUT2D eigenvalue weighted by molar-refractivity contribution is 0.181. The number of nitrogens with zero attached hydrogens (tertiary/aromatic N) is 9. The Morgan fingerprint density at radius 3 is 2.65 bits per heavy atom. The molecule has 10 nitrogen and oxygen atoms in total. The van der Waals surface area contributed by atoms with Crippen molar-refractivity contribution in [3.63, 3.8) is 0 Å². The number of ether oxygens (including phenoxy) is 1. The van der Waals surface area contributed by atoms with Gasteiger partial charge >= 0.3 is 0 Å². The number of anilines is 1. The van der Waals surface area contributed by atoms with Crippen LogP contribution in [0.15, 0.2) is 24.5 Å². The van der Waals surface area contributed by atoms with E-state index in [4.69, 9.17) is 9.84 Å². The van der Waals surface area contributed by atoms with E-state index in [1.165, 1.54) is 6.33 Å². The van der Waals surface area contributed by atoms with Gasteiger partial charge in [-0.3, -0.25) is 0 Å². The van der Waals surface area contributed by atoms with Crippen molar-refractivity contribution in [1.82, 2.24) is 39.4 Å². The third-order valence-corrected chi connectivity index (χ3v) is 5.82. The highest BCUT2D eigenvalue weighted by molar-refractivity contribution is 5.48. The Balaban J connectivity index is 1.40. The van der Waals surface area contributed by atoms with E-state index in [1.54, 1.807) is 11.6 Å². The summed E-state index contributed by atoms with van der Waals surface area (Å²) in [7, 11) is 1.67. The van der Waals surface area contributed by atoms with Crippen molar-refractivity contribution in [3.8, 4) is 0 Å². The summed E-state index contributed by atoms with van der Waals surface area (Å²) in [5, 5.41) is 18.1. The van der Waals surface area contributed by atoms with Crippen molar-refractivity contribution in [2.45, 2.75) is 51.6 Å². The van der Waals surface area contributed by atoms with Crippen LogP contribution in [0.25, 0.3) is 11.4 Å². The topological polar surface area (TPSA) is 98.6 Å². The van der Waals surface area contributed by atoms with E-state index >= 15 is 0 Å². The highest BCUT2D eigenvalue weighted by Crippen LogP contribution is 2.30. The van der Waals surface area contributed by atoms with Crippen LogP contribution in [0.2, 0.25) is 0 Å². The first-order valence-electron chi connectivity index (χ1n) is 10.6. The standard InChI is InChI=1S/C21H27N9O/c1-21(2,3)16-5-6-17-25-26-19(29(17)27-16)14-7-9-28(10-8-14)18-11-15(12-31-4)24-20-22-13-23-30(18)20/h5-6,11,13-14H,7-10,12H2,1-4H3. The zero-order valence-electron chi connectivity index (χ0n) is 18.4. The molecule has 5 rings (SSSR count). The summed E-state index contributed by atoms with van der Waals surface area (Å²) in [6.07, 6.45) is 3.46. The third-order valence-electron chi connectivity index (χ3n) is 5.82. The monoisotopic (exact) mass is 421 g/mol. The number of piperidine rings is 1. The molecule has 0 aromatic carbocycles. The molecule has 10 heteroatoms. The minimum absolute atomic E-state index is 0.0243. The predicted molar refractivity (Wildman–Crippen MR) is 115 cm³/mol. The van der Waals surface area contributed by atoms with Gasteiger partial charge in [0.1, 0.15) is 12.1 Å². The van der Waals surface area contributed by atoms with Gasteiger partial charge in [-0.2, -0.15) is 24.2 Å². The van der Waals surface area contributed by atoms with E-state index in [9.17, 15) is 0 Å². The molecule has 0 unspecified atom stereocenters. The van der Waals surface area contributed by atoms with E-state index in [2.05, 4.69) is 50.9 Å². The summed E-state index contributed by atoms with van der Waals surface area (Å²) >= 11 is 0. The zero-order chi connectivity index (χ0) is 21.6. The number of fused-ring (bicyclic) bond motifs is 2. The lowest BCUT2D eigenvalue weighted by Crippen LogP contribution is -2.35. The molecule has 1 saturated heterocycles. The van der Waals surface area contributed by atoms with Gasteiger partial charge in [-0.1, -0.05) is 20.8 Å². The van der Waals surface area contributed by atoms with Gasteiger partial charge in [0.05, 0.1) is 18.0 Å². The zero-order valence-corrected chi connectivity index (χ0v) is 18.4. The average Bonchev–Trinajstić information content (AvgIpc) is 3.39. The highest BCUT2D eigenvalue weighted by atomic mass is 16.5. The van der Waals surface area contributed by atoms with Crippen molar-refractivity contribution < 1.29 is 4.74 Å². The van der Waals surface area contributed by atoms with Gasteiger partial charge in [-0.25, -0.2) is 4.98 Å². The Morgan fingerprint density at radius 2 is 1.90 bits per heavy atom. The molecule has 5 heterocycles. The smallest absolute Gasteiger partial charge is 0.254 e. The van der Waals surface area contributed by atoms with Gasteiger partial charge in [0.25, 0.3) is 5.78 Å². The summed E-state index contributed by atoms with van der Waals surface area (Å²) in [6.45, 7) is 8.71. The second-order valence-electron chi connectivity index (χ2n) is 9.07. The Kier molecular flexibility index (Phi) is 4.81. The molecular formula is C21H27N9O. The Labute approximate surface area is 180 Å². The summed E-state index contributed by atoms with van der Waals surface area (Å²) in [5.74, 6) is 2.84. The van der Waals surface area contributed by atoms with Crippen LogP contribution in [0, 0.1) is 0 Å².